The lowest BCUT2D eigenvalue weighted by Crippen LogP contribution is -2.52. The van der Waals surface area contributed by atoms with E-state index in [1.54, 1.807) is 0 Å². The molecule has 25 heavy (non-hydrogen) atoms. The van der Waals surface area contributed by atoms with Crippen LogP contribution in [0.5, 0.6) is 0 Å². The Kier molecular flexibility index (Phi) is 3.30. The molecule has 5 rings (SSSR count). The van der Waals surface area contributed by atoms with Crippen molar-refractivity contribution in [1.82, 2.24) is 0 Å². The van der Waals surface area contributed by atoms with Gasteiger partial charge < -0.3 is 9.84 Å². The van der Waals surface area contributed by atoms with E-state index in [1.807, 2.05) is 6.08 Å². The third-order valence-corrected chi connectivity index (χ3v) is 8.93. The fraction of sp³-hybridized carbons (Fsp3) is 0.773. The predicted octanol–water partition coefficient (Wildman–Crippen LogP) is 3.53. The van der Waals surface area contributed by atoms with Crippen molar-refractivity contribution in [3.05, 3.63) is 23.8 Å². The van der Waals surface area contributed by atoms with Gasteiger partial charge in [0.2, 0.25) is 0 Å². The van der Waals surface area contributed by atoms with Crippen LogP contribution in [-0.4, -0.2) is 29.7 Å². The lowest BCUT2D eigenvalue weighted by atomic mass is 9.48. The van der Waals surface area contributed by atoms with Crippen molar-refractivity contribution in [3.63, 3.8) is 0 Å². The molecule has 5 aliphatic rings. The summed E-state index contributed by atoms with van der Waals surface area (Å²) in [5.74, 6) is 3.09. The molecule has 1 N–H and O–H groups in total. The molecule has 3 fully saturated rings. The van der Waals surface area contributed by atoms with Gasteiger partial charge in [-0.15, -0.1) is 0 Å². The lowest BCUT2D eigenvalue weighted by molar-refractivity contribution is -0.116. The fourth-order valence-corrected chi connectivity index (χ4v) is 7.47. The molecule has 1 saturated heterocycles. The second-order valence-corrected chi connectivity index (χ2v) is 9.80. The molecule has 1 aliphatic heterocycles. The molecule has 1 heterocycles. The number of carbonyl (C=O) groups is 1. The number of hydrogen-bond acceptors (Lipinski definition) is 3. The second-order valence-electron chi connectivity index (χ2n) is 9.80. The zero-order chi connectivity index (χ0) is 17.6. The van der Waals surface area contributed by atoms with Gasteiger partial charge in [0.05, 0.1) is 0 Å². The van der Waals surface area contributed by atoms with Gasteiger partial charge in [0.25, 0.3) is 0 Å². The van der Waals surface area contributed by atoms with Crippen molar-refractivity contribution in [3.8, 4) is 0 Å². The second kappa shape index (κ2) is 5.07. The number of ether oxygens (including phenoxy) is 1. The number of allylic oxidation sites excluding steroid dienone is 2. The largest absolute Gasteiger partial charge is 0.396 e. The Morgan fingerprint density at radius 3 is 2.84 bits per heavy atom. The van der Waals surface area contributed by atoms with Crippen molar-refractivity contribution >= 4 is 5.78 Å². The van der Waals surface area contributed by atoms with Gasteiger partial charge in [-0.3, -0.25) is 4.79 Å². The van der Waals surface area contributed by atoms with E-state index in [1.165, 1.54) is 31.3 Å². The van der Waals surface area contributed by atoms with Crippen LogP contribution in [0.25, 0.3) is 0 Å². The zero-order valence-electron chi connectivity index (χ0n) is 15.6. The first-order valence-corrected chi connectivity index (χ1v) is 10.1. The average molecular weight is 342 g/mol. The number of fused-ring (bicyclic) bond motifs is 7. The van der Waals surface area contributed by atoms with Gasteiger partial charge in [-0.2, -0.15) is 0 Å². The van der Waals surface area contributed by atoms with Crippen LogP contribution in [0.2, 0.25) is 0 Å². The maximum absolute atomic E-state index is 12.1. The molecule has 2 saturated carbocycles. The van der Waals surface area contributed by atoms with Gasteiger partial charge in [0.15, 0.2) is 5.78 Å². The summed E-state index contributed by atoms with van der Waals surface area (Å²) in [5, 5.41) is 9.72. The summed E-state index contributed by atoms with van der Waals surface area (Å²) < 4.78 is 5.86. The van der Waals surface area contributed by atoms with Crippen LogP contribution >= 0.6 is 0 Å². The Morgan fingerprint density at radius 1 is 1.28 bits per heavy atom. The number of ketones is 1. The molecule has 0 aromatic rings. The van der Waals surface area contributed by atoms with Gasteiger partial charge in [0, 0.05) is 12.0 Å². The molecule has 9 atom stereocenters. The van der Waals surface area contributed by atoms with Crippen LogP contribution in [0.4, 0.5) is 0 Å². The first kappa shape index (κ1) is 16.3. The lowest BCUT2D eigenvalue weighted by Gasteiger charge is -2.56. The molecule has 0 aromatic heterocycles. The molecule has 0 spiro atoms. The van der Waals surface area contributed by atoms with Gasteiger partial charge in [-0.05, 0) is 72.3 Å². The zero-order valence-corrected chi connectivity index (χ0v) is 15.6. The normalized spacial score (nSPS) is 54.1. The summed E-state index contributed by atoms with van der Waals surface area (Å²) in [6.45, 7) is 7.36. The number of aliphatic hydroxyl groups is 1. The van der Waals surface area contributed by atoms with Crippen molar-refractivity contribution in [1.29, 1.82) is 0 Å². The van der Waals surface area contributed by atoms with Crippen molar-refractivity contribution < 1.29 is 14.6 Å². The molecule has 0 aromatic carbocycles. The summed E-state index contributed by atoms with van der Waals surface area (Å²) in [5.41, 5.74) is 1.57. The highest BCUT2D eigenvalue weighted by Gasteiger charge is 2.66. The maximum atomic E-state index is 12.1. The van der Waals surface area contributed by atoms with Gasteiger partial charge in [-0.25, -0.2) is 0 Å². The minimum absolute atomic E-state index is 0.0139. The Labute approximate surface area is 150 Å². The van der Waals surface area contributed by atoms with Crippen LogP contribution in [0.15, 0.2) is 23.8 Å². The fourth-order valence-electron chi connectivity index (χ4n) is 7.47. The highest BCUT2D eigenvalue weighted by molar-refractivity contribution is 5.98. The van der Waals surface area contributed by atoms with Crippen molar-refractivity contribution in [2.75, 3.05) is 6.61 Å². The number of hydrogen-bond donors (Lipinski definition) is 1. The van der Waals surface area contributed by atoms with E-state index >= 15 is 0 Å². The van der Waals surface area contributed by atoms with E-state index in [9.17, 15) is 9.90 Å². The van der Waals surface area contributed by atoms with E-state index in [-0.39, 0.29) is 23.4 Å². The SMILES string of the molecule is CC(CO)[C@H]1CC[C@H]2[C@@H]3C=CC4=CC(=O)[C@@H]5O[C@@H]5[C@]4(C)[C@H]3CC[C@]12C. The van der Waals surface area contributed by atoms with Crippen LogP contribution < -0.4 is 0 Å². The highest BCUT2D eigenvalue weighted by atomic mass is 16.6. The summed E-state index contributed by atoms with van der Waals surface area (Å²) in [7, 11) is 0. The van der Waals surface area contributed by atoms with E-state index in [2.05, 4.69) is 32.9 Å². The Bertz CT molecular complexity index is 679. The Hall–Kier alpha value is -0.930. The van der Waals surface area contributed by atoms with E-state index in [4.69, 9.17) is 4.74 Å². The first-order chi connectivity index (χ1) is 11.9. The van der Waals surface area contributed by atoms with E-state index in [0.717, 1.165) is 0 Å². The summed E-state index contributed by atoms with van der Waals surface area (Å²) >= 11 is 0. The van der Waals surface area contributed by atoms with E-state index < -0.39 is 0 Å². The van der Waals surface area contributed by atoms with Crippen LogP contribution in [-0.2, 0) is 9.53 Å². The summed E-state index contributed by atoms with van der Waals surface area (Å²) in [6, 6.07) is 0. The number of rotatable bonds is 2. The molecule has 3 heteroatoms. The molecule has 0 bridgehead atoms. The summed E-state index contributed by atoms with van der Waals surface area (Å²) in [6.07, 6.45) is 11.4. The molecule has 0 radical (unpaired) electrons. The number of carbonyl (C=O) groups excluding carboxylic acids is 1. The average Bonchev–Trinajstić information content (AvgIpc) is 3.33. The van der Waals surface area contributed by atoms with Crippen LogP contribution in [0.1, 0.15) is 46.5 Å². The van der Waals surface area contributed by atoms with E-state index in [0.29, 0.717) is 41.6 Å². The van der Waals surface area contributed by atoms with Crippen molar-refractivity contribution in [2.24, 2.45) is 40.4 Å². The first-order valence-electron chi connectivity index (χ1n) is 10.1. The van der Waals surface area contributed by atoms with Crippen LogP contribution in [0.3, 0.4) is 0 Å². The Balaban J connectivity index is 1.52. The number of aliphatic hydroxyl groups excluding tert-OH is 1. The monoisotopic (exact) mass is 342 g/mol. The predicted molar refractivity (Wildman–Crippen MR) is 95.8 cm³/mol. The molecule has 0 amide bonds. The minimum Gasteiger partial charge on any atom is -0.396 e. The van der Waals surface area contributed by atoms with Crippen molar-refractivity contribution in [2.45, 2.75) is 58.7 Å². The molecule has 1 unspecified atom stereocenters. The topological polar surface area (TPSA) is 49.8 Å². The highest BCUT2D eigenvalue weighted by Crippen LogP contribution is 2.67. The van der Waals surface area contributed by atoms with Gasteiger partial charge >= 0.3 is 0 Å². The third-order valence-electron chi connectivity index (χ3n) is 8.93. The van der Waals surface area contributed by atoms with Gasteiger partial charge in [0.1, 0.15) is 12.2 Å². The Morgan fingerprint density at radius 2 is 2.08 bits per heavy atom. The maximum Gasteiger partial charge on any atom is 0.187 e. The molecular formula is C22H30O3. The molecule has 136 valence electrons. The number of epoxide rings is 1. The smallest absolute Gasteiger partial charge is 0.187 e. The molecule has 3 nitrogen and oxygen atoms in total. The third kappa shape index (κ3) is 1.92. The quantitative estimate of drug-likeness (QED) is 0.781. The van der Waals surface area contributed by atoms with Crippen LogP contribution in [0, 0.1) is 40.4 Å². The molecular weight excluding hydrogens is 312 g/mol. The molecule has 4 aliphatic carbocycles. The van der Waals surface area contributed by atoms with Gasteiger partial charge in [-0.1, -0.05) is 32.9 Å². The standard InChI is InChI=1S/C22H30O3/c1-12(11-23)15-6-7-16-14-5-4-13-10-18(24)19-20(25-19)22(13,3)17(14)8-9-21(15,16)2/h4-5,10,12,14-17,19-20,23H,6-9,11H2,1-3H3/t12?,14-,15+,16-,17-,19-,20-,21+,22-/m0/s1. The summed E-state index contributed by atoms with van der Waals surface area (Å²) in [4.78, 5) is 12.1. The minimum atomic E-state index is -0.167.